The fraction of sp³-hybridized carbons (Fsp3) is 0.946. The lowest BCUT2D eigenvalue weighted by Crippen LogP contribution is -2.30. The van der Waals surface area contributed by atoms with Crippen LogP contribution < -0.4 is 0 Å². The van der Waals surface area contributed by atoms with Crippen LogP contribution in [-0.4, -0.2) is 96.7 Å². The second-order valence-electron chi connectivity index (χ2n) is 27.9. The quantitative estimate of drug-likeness (QED) is 0.0222. The van der Waals surface area contributed by atoms with Gasteiger partial charge < -0.3 is 33.8 Å². The van der Waals surface area contributed by atoms with Crippen molar-refractivity contribution in [3.63, 3.8) is 0 Å². The zero-order valence-corrected chi connectivity index (χ0v) is 62.5. The minimum atomic E-state index is -4.96. The molecule has 0 aliphatic carbocycles. The first kappa shape index (κ1) is 91.1. The molecule has 0 aliphatic rings. The SMILES string of the molecule is CCCCCCCCCCCCCCCC(=O)OC[C@H](COP(=O)(O)OC[C@@H](O)COP(=O)(O)OC[C@@H](COC(=O)CCCCCCCCCCC(C)C)OC(=O)CCCCCCCCCCC(C)C)OC(=O)CCCCCCCCCCCCCCCCC(C)CC. The van der Waals surface area contributed by atoms with Gasteiger partial charge in [-0.05, 0) is 43.4 Å². The Balaban J connectivity index is 5.24. The minimum Gasteiger partial charge on any atom is -0.462 e. The van der Waals surface area contributed by atoms with Gasteiger partial charge in [-0.25, -0.2) is 9.13 Å². The van der Waals surface area contributed by atoms with Crippen molar-refractivity contribution in [2.24, 2.45) is 17.8 Å². The van der Waals surface area contributed by atoms with Crippen LogP contribution in [0.5, 0.6) is 0 Å². The van der Waals surface area contributed by atoms with E-state index in [1.54, 1.807) is 0 Å². The third-order valence-corrected chi connectivity index (χ3v) is 19.4. The fourth-order valence-corrected chi connectivity index (χ4v) is 12.8. The van der Waals surface area contributed by atoms with Crippen LogP contribution in [0.25, 0.3) is 0 Å². The molecule has 19 heteroatoms. The highest BCUT2D eigenvalue weighted by molar-refractivity contribution is 7.47. The molecular weight excluding hydrogens is 1220 g/mol. The van der Waals surface area contributed by atoms with E-state index in [9.17, 15) is 43.2 Å². The Hall–Kier alpha value is -1.94. The number of aliphatic hydroxyl groups excluding tert-OH is 1. The van der Waals surface area contributed by atoms with Crippen molar-refractivity contribution in [2.75, 3.05) is 39.6 Å². The molecule has 0 spiro atoms. The zero-order valence-electron chi connectivity index (χ0n) is 60.7. The van der Waals surface area contributed by atoms with E-state index in [0.717, 1.165) is 108 Å². The van der Waals surface area contributed by atoms with Crippen molar-refractivity contribution in [3.05, 3.63) is 0 Å². The number of hydrogen-bond donors (Lipinski definition) is 3. The highest BCUT2D eigenvalue weighted by atomic mass is 31.2. The number of esters is 4. The Bertz CT molecular complexity index is 1820. The van der Waals surface area contributed by atoms with E-state index >= 15 is 0 Å². The molecule has 0 amide bonds. The van der Waals surface area contributed by atoms with Gasteiger partial charge in [0.1, 0.15) is 19.3 Å². The van der Waals surface area contributed by atoms with Crippen LogP contribution in [0.2, 0.25) is 0 Å². The van der Waals surface area contributed by atoms with Crippen molar-refractivity contribution in [1.82, 2.24) is 0 Å². The Morgan fingerprint density at radius 3 is 0.817 bits per heavy atom. The summed E-state index contributed by atoms with van der Waals surface area (Å²) >= 11 is 0. The van der Waals surface area contributed by atoms with Gasteiger partial charge in [0.25, 0.3) is 0 Å². The van der Waals surface area contributed by atoms with E-state index in [4.69, 9.17) is 37.0 Å². The molecule has 0 heterocycles. The molecule has 93 heavy (non-hydrogen) atoms. The molecule has 3 unspecified atom stereocenters. The summed E-state index contributed by atoms with van der Waals surface area (Å²) in [5, 5.41) is 10.6. The van der Waals surface area contributed by atoms with Crippen LogP contribution in [0.4, 0.5) is 0 Å². The van der Waals surface area contributed by atoms with E-state index in [-0.39, 0.29) is 25.7 Å². The number of hydrogen-bond acceptors (Lipinski definition) is 15. The van der Waals surface area contributed by atoms with Gasteiger partial charge in [0.2, 0.25) is 0 Å². The Morgan fingerprint density at radius 1 is 0.312 bits per heavy atom. The maximum absolute atomic E-state index is 13.1. The molecule has 0 aromatic heterocycles. The number of ether oxygens (including phenoxy) is 4. The zero-order chi connectivity index (χ0) is 68.7. The van der Waals surface area contributed by atoms with Crippen molar-refractivity contribution < 1.29 is 80.2 Å². The summed E-state index contributed by atoms with van der Waals surface area (Å²) in [6.45, 7) is 11.9. The van der Waals surface area contributed by atoms with Gasteiger partial charge in [-0.2, -0.15) is 0 Å². The summed E-state index contributed by atoms with van der Waals surface area (Å²) in [6.07, 6.45) is 49.9. The number of carbonyl (C=O) groups excluding carboxylic acids is 4. The molecule has 552 valence electrons. The van der Waals surface area contributed by atoms with Crippen molar-refractivity contribution in [2.45, 2.75) is 394 Å². The molecule has 0 aromatic carbocycles. The van der Waals surface area contributed by atoms with Crippen LogP contribution in [0.15, 0.2) is 0 Å². The van der Waals surface area contributed by atoms with Gasteiger partial charge in [-0.1, -0.05) is 325 Å². The average Bonchev–Trinajstić information content (AvgIpc) is 3.68. The number of unbranched alkanes of at least 4 members (excludes halogenated alkanes) is 39. The van der Waals surface area contributed by atoms with Gasteiger partial charge in [-0.3, -0.25) is 37.3 Å². The van der Waals surface area contributed by atoms with E-state index in [1.807, 2.05) is 0 Å². The van der Waals surface area contributed by atoms with Crippen LogP contribution in [0, 0.1) is 17.8 Å². The molecule has 0 bridgehead atoms. The molecule has 0 fully saturated rings. The summed E-state index contributed by atoms with van der Waals surface area (Å²) in [7, 11) is -9.91. The number of aliphatic hydroxyl groups is 1. The van der Waals surface area contributed by atoms with E-state index in [1.165, 1.54) is 186 Å². The van der Waals surface area contributed by atoms with Gasteiger partial charge in [0.15, 0.2) is 12.2 Å². The van der Waals surface area contributed by atoms with Crippen molar-refractivity contribution in [3.8, 4) is 0 Å². The first-order valence-corrected chi connectivity index (χ1v) is 41.4. The lowest BCUT2D eigenvalue weighted by atomic mass is 9.99. The molecule has 6 atom stereocenters. The summed E-state index contributed by atoms with van der Waals surface area (Å²) in [6, 6.07) is 0. The second-order valence-corrected chi connectivity index (χ2v) is 30.8. The van der Waals surface area contributed by atoms with Crippen LogP contribution in [0.1, 0.15) is 376 Å². The molecule has 3 N–H and O–H groups in total. The number of phosphoric ester groups is 2. The highest BCUT2D eigenvalue weighted by Gasteiger charge is 2.30. The number of rotatable bonds is 72. The topological polar surface area (TPSA) is 237 Å². The molecule has 0 saturated heterocycles. The minimum absolute atomic E-state index is 0.104. The number of phosphoric acid groups is 2. The predicted molar refractivity (Wildman–Crippen MR) is 377 cm³/mol. The van der Waals surface area contributed by atoms with Crippen LogP contribution in [0.3, 0.4) is 0 Å². The van der Waals surface area contributed by atoms with E-state index < -0.39 is 97.5 Å². The van der Waals surface area contributed by atoms with E-state index in [2.05, 4.69) is 48.5 Å². The van der Waals surface area contributed by atoms with Gasteiger partial charge >= 0.3 is 39.5 Å². The molecule has 0 aromatic rings. The Morgan fingerprint density at radius 2 is 0.548 bits per heavy atom. The monoisotopic (exact) mass is 1370 g/mol. The van der Waals surface area contributed by atoms with Crippen molar-refractivity contribution >= 4 is 39.5 Å². The molecule has 0 aliphatic heterocycles. The standard InChI is InChI=1S/C74H144O17P2/c1-8-10-11-12-13-14-15-18-22-25-34-41-48-55-71(76)84-61-69(90-73(78)57-50-43-36-26-23-20-17-16-19-21-24-33-40-47-54-67(7)9-2)63-88-92(80,81)86-59-68(75)60-87-93(82,83)89-64-70(91-74(79)58-51-44-37-30-28-32-39-46-53-66(5)6)62-85-72(77)56-49-42-35-29-27-31-38-45-52-65(3)4/h65-70,75H,8-64H2,1-7H3,(H,80,81)(H,82,83)/t67?,68-,69-,70-/m1/s1. The third-order valence-electron chi connectivity index (χ3n) is 17.5. The maximum Gasteiger partial charge on any atom is 0.472 e. The van der Waals surface area contributed by atoms with Gasteiger partial charge in [0, 0.05) is 25.7 Å². The normalized spacial score (nSPS) is 14.4. The van der Waals surface area contributed by atoms with E-state index in [0.29, 0.717) is 25.7 Å². The first-order chi connectivity index (χ1) is 44.8. The third kappa shape index (κ3) is 67.0. The maximum atomic E-state index is 13.1. The van der Waals surface area contributed by atoms with Gasteiger partial charge in [-0.15, -0.1) is 0 Å². The largest absolute Gasteiger partial charge is 0.472 e. The first-order valence-electron chi connectivity index (χ1n) is 38.4. The fourth-order valence-electron chi connectivity index (χ4n) is 11.2. The van der Waals surface area contributed by atoms with Crippen LogP contribution >= 0.6 is 15.6 Å². The molecule has 17 nitrogen and oxygen atoms in total. The highest BCUT2D eigenvalue weighted by Crippen LogP contribution is 2.45. The van der Waals surface area contributed by atoms with Crippen LogP contribution in [-0.2, 0) is 65.4 Å². The molecule has 0 saturated carbocycles. The predicted octanol–water partition coefficient (Wildman–Crippen LogP) is 21.4. The smallest absolute Gasteiger partial charge is 0.462 e. The summed E-state index contributed by atoms with van der Waals surface area (Å²) in [5.41, 5.74) is 0. The summed E-state index contributed by atoms with van der Waals surface area (Å²) in [5.74, 6) is 0.169. The second kappa shape index (κ2) is 64.7. The average molecular weight is 1370 g/mol. The lowest BCUT2D eigenvalue weighted by Gasteiger charge is -2.21. The number of carbonyl (C=O) groups is 4. The summed E-state index contributed by atoms with van der Waals surface area (Å²) < 4.78 is 68.4. The molecule has 0 radical (unpaired) electrons. The van der Waals surface area contributed by atoms with Crippen molar-refractivity contribution in [1.29, 1.82) is 0 Å². The lowest BCUT2D eigenvalue weighted by molar-refractivity contribution is -0.161. The summed E-state index contributed by atoms with van der Waals surface area (Å²) in [4.78, 5) is 72.7. The Labute approximate surface area is 568 Å². The van der Waals surface area contributed by atoms with Gasteiger partial charge in [0.05, 0.1) is 26.4 Å². The molecular formula is C74H144O17P2. The molecule has 0 rings (SSSR count). The Kier molecular flexibility index (Phi) is 63.4.